The number of carbonyl (C=O) groups is 1. The molecule has 1 aromatic rings. The molecule has 1 unspecified atom stereocenters. The molecule has 0 aliphatic rings. The molecule has 3 nitrogen and oxygen atoms in total. The van der Waals surface area contributed by atoms with Gasteiger partial charge in [-0.25, -0.2) is 4.39 Å². The average Bonchev–Trinajstić information content (AvgIpc) is 2.19. The number of carboxylic acids is 1. The van der Waals surface area contributed by atoms with E-state index in [-0.39, 0.29) is 0 Å². The quantitative estimate of drug-likeness (QED) is 0.807. The molecule has 17 heavy (non-hydrogen) atoms. The molecule has 0 heterocycles. The third-order valence-electron chi connectivity index (χ3n) is 2.24. The normalized spacial score (nSPS) is 13.5. The van der Waals surface area contributed by atoms with E-state index in [4.69, 9.17) is 10.8 Å². The molecule has 0 aliphatic heterocycles. The number of hydrogen-bond acceptors (Lipinski definition) is 2. The van der Waals surface area contributed by atoms with E-state index in [1.165, 1.54) is 0 Å². The van der Waals surface area contributed by atoms with Crippen molar-refractivity contribution >= 4 is 5.97 Å². The van der Waals surface area contributed by atoms with Crippen LogP contribution in [0.15, 0.2) is 18.2 Å². The van der Waals surface area contributed by atoms with Crippen LogP contribution in [0.1, 0.15) is 17.0 Å². The molecule has 0 spiro atoms. The van der Waals surface area contributed by atoms with Crippen LogP contribution in [0.3, 0.4) is 0 Å². The van der Waals surface area contributed by atoms with Crippen LogP contribution >= 0.6 is 0 Å². The highest BCUT2D eigenvalue weighted by molar-refractivity contribution is 5.77. The summed E-state index contributed by atoms with van der Waals surface area (Å²) in [6, 6.07) is 2.28. The Labute approximate surface area is 93.8 Å². The molecule has 0 fully saturated rings. The summed E-state index contributed by atoms with van der Waals surface area (Å²) >= 11 is 0. The summed E-state index contributed by atoms with van der Waals surface area (Å²) in [6.45, 7) is -0.612. The fraction of sp³-hybridized carbons (Fsp3) is 0.300. The van der Waals surface area contributed by atoms with Crippen molar-refractivity contribution in [3.05, 3.63) is 35.1 Å². The molecule has 0 amide bonds. The van der Waals surface area contributed by atoms with Gasteiger partial charge in [-0.15, -0.1) is 0 Å². The lowest BCUT2D eigenvalue weighted by molar-refractivity contribution is -0.141. The molecule has 3 N–H and O–H groups in total. The summed E-state index contributed by atoms with van der Waals surface area (Å²) in [5.41, 5.74) is 2.84. The van der Waals surface area contributed by atoms with E-state index in [1.54, 1.807) is 0 Å². The van der Waals surface area contributed by atoms with Gasteiger partial charge in [0.1, 0.15) is 5.82 Å². The van der Waals surface area contributed by atoms with Crippen molar-refractivity contribution < 1.29 is 27.5 Å². The molecule has 1 aromatic carbocycles. The smallest absolute Gasteiger partial charge is 0.416 e. The monoisotopic (exact) mass is 251 g/mol. The van der Waals surface area contributed by atoms with Crippen molar-refractivity contribution in [3.8, 4) is 0 Å². The van der Waals surface area contributed by atoms with Crippen LogP contribution in [0.5, 0.6) is 0 Å². The van der Waals surface area contributed by atoms with Crippen LogP contribution in [0.25, 0.3) is 0 Å². The van der Waals surface area contributed by atoms with E-state index in [1.807, 2.05) is 0 Å². The first-order valence-electron chi connectivity index (χ1n) is 4.57. The van der Waals surface area contributed by atoms with Gasteiger partial charge < -0.3 is 10.8 Å². The number of halogens is 4. The molecule has 1 rings (SSSR count). The number of alkyl halides is 3. The van der Waals surface area contributed by atoms with Crippen molar-refractivity contribution in [3.63, 3.8) is 0 Å². The Morgan fingerprint density at radius 2 is 2.00 bits per heavy atom. The van der Waals surface area contributed by atoms with Crippen LogP contribution in [0.2, 0.25) is 0 Å². The number of carboxylic acid groups (broad SMARTS) is 1. The van der Waals surface area contributed by atoms with Crippen molar-refractivity contribution in [1.82, 2.24) is 0 Å². The number of benzene rings is 1. The molecule has 0 saturated heterocycles. The zero-order valence-electron chi connectivity index (χ0n) is 8.46. The fourth-order valence-corrected chi connectivity index (χ4v) is 1.48. The molecule has 0 aromatic heterocycles. The lowest BCUT2D eigenvalue weighted by Crippen LogP contribution is -2.25. The minimum absolute atomic E-state index is 0.612. The largest absolute Gasteiger partial charge is 0.481 e. The Morgan fingerprint density at radius 3 is 2.41 bits per heavy atom. The molecule has 1 atom stereocenters. The summed E-state index contributed by atoms with van der Waals surface area (Å²) in [4.78, 5) is 10.7. The second kappa shape index (κ2) is 4.70. The topological polar surface area (TPSA) is 63.3 Å². The Hall–Kier alpha value is -1.63. The van der Waals surface area contributed by atoms with Gasteiger partial charge in [0.25, 0.3) is 0 Å². The van der Waals surface area contributed by atoms with Crippen LogP contribution in [-0.2, 0) is 11.0 Å². The van der Waals surface area contributed by atoms with Gasteiger partial charge in [-0.1, -0.05) is 6.07 Å². The summed E-state index contributed by atoms with van der Waals surface area (Å²) < 4.78 is 51.1. The average molecular weight is 251 g/mol. The highest BCUT2D eigenvalue weighted by Crippen LogP contribution is 2.36. The number of aliphatic carboxylic acids is 1. The molecule has 0 aliphatic carbocycles. The van der Waals surface area contributed by atoms with E-state index < -0.39 is 41.6 Å². The summed E-state index contributed by atoms with van der Waals surface area (Å²) in [7, 11) is 0. The van der Waals surface area contributed by atoms with E-state index >= 15 is 0 Å². The Balaban J connectivity index is 3.44. The molecular weight excluding hydrogens is 242 g/mol. The zero-order valence-corrected chi connectivity index (χ0v) is 8.46. The first-order chi connectivity index (χ1) is 7.79. The van der Waals surface area contributed by atoms with Gasteiger partial charge in [0, 0.05) is 12.1 Å². The first-order valence-corrected chi connectivity index (χ1v) is 4.57. The Morgan fingerprint density at radius 1 is 1.41 bits per heavy atom. The number of nitrogens with two attached hydrogens (primary N) is 1. The minimum Gasteiger partial charge on any atom is -0.481 e. The lowest BCUT2D eigenvalue weighted by Gasteiger charge is -2.17. The van der Waals surface area contributed by atoms with Crippen LogP contribution < -0.4 is 5.73 Å². The van der Waals surface area contributed by atoms with Gasteiger partial charge in [-0.2, -0.15) is 13.2 Å². The van der Waals surface area contributed by atoms with Crippen molar-refractivity contribution in [1.29, 1.82) is 0 Å². The van der Waals surface area contributed by atoms with Crippen LogP contribution in [-0.4, -0.2) is 17.6 Å². The SMILES string of the molecule is NCC(C(=O)O)c1c(F)cccc1C(F)(F)F. The molecule has 94 valence electrons. The maximum atomic E-state index is 13.4. The van der Waals surface area contributed by atoms with Gasteiger partial charge >= 0.3 is 12.1 Å². The van der Waals surface area contributed by atoms with Gasteiger partial charge in [-0.05, 0) is 12.1 Å². The third kappa shape index (κ3) is 2.73. The van der Waals surface area contributed by atoms with E-state index in [0.717, 1.165) is 12.1 Å². The molecular formula is C10H9F4NO2. The lowest BCUT2D eigenvalue weighted by atomic mass is 9.93. The van der Waals surface area contributed by atoms with Crippen molar-refractivity contribution in [2.75, 3.05) is 6.54 Å². The highest BCUT2D eigenvalue weighted by Gasteiger charge is 2.38. The van der Waals surface area contributed by atoms with Crippen molar-refractivity contribution in [2.24, 2.45) is 5.73 Å². The first kappa shape index (κ1) is 13.4. The second-order valence-corrected chi connectivity index (χ2v) is 3.33. The Bertz CT molecular complexity index is 431. The van der Waals surface area contributed by atoms with E-state index in [9.17, 15) is 22.4 Å². The van der Waals surface area contributed by atoms with Gasteiger partial charge in [0.05, 0.1) is 11.5 Å². The van der Waals surface area contributed by atoms with Gasteiger partial charge in [0.15, 0.2) is 0 Å². The molecule has 0 radical (unpaired) electrons. The minimum atomic E-state index is -4.82. The second-order valence-electron chi connectivity index (χ2n) is 3.33. The van der Waals surface area contributed by atoms with Crippen LogP contribution in [0.4, 0.5) is 17.6 Å². The third-order valence-corrected chi connectivity index (χ3v) is 2.24. The molecule has 0 saturated carbocycles. The van der Waals surface area contributed by atoms with Crippen LogP contribution in [0, 0.1) is 5.82 Å². The standard InChI is InChI=1S/C10H9F4NO2/c11-7-3-1-2-6(10(12,13)14)8(7)5(4-15)9(16)17/h1-3,5H,4,15H2,(H,16,17). The summed E-state index contributed by atoms with van der Waals surface area (Å²) in [5, 5.41) is 8.73. The summed E-state index contributed by atoms with van der Waals surface area (Å²) in [5.74, 6) is -4.53. The summed E-state index contributed by atoms with van der Waals surface area (Å²) in [6.07, 6.45) is -4.82. The maximum absolute atomic E-state index is 13.4. The highest BCUT2D eigenvalue weighted by atomic mass is 19.4. The van der Waals surface area contributed by atoms with E-state index in [2.05, 4.69) is 0 Å². The van der Waals surface area contributed by atoms with Crippen molar-refractivity contribution in [2.45, 2.75) is 12.1 Å². The predicted molar refractivity (Wildman–Crippen MR) is 50.8 cm³/mol. The predicted octanol–water partition coefficient (Wildman–Crippen LogP) is 1.97. The number of hydrogen-bond donors (Lipinski definition) is 2. The molecule has 0 bridgehead atoms. The van der Waals surface area contributed by atoms with E-state index in [0.29, 0.717) is 6.07 Å². The van der Waals surface area contributed by atoms with Gasteiger partial charge in [-0.3, -0.25) is 4.79 Å². The Kier molecular flexibility index (Phi) is 3.72. The maximum Gasteiger partial charge on any atom is 0.416 e. The molecule has 7 heteroatoms. The zero-order chi connectivity index (χ0) is 13.2. The fourth-order valence-electron chi connectivity index (χ4n) is 1.48. The van der Waals surface area contributed by atoms with Gasteiger partial charge in [0.2, 0.25) is 0 Å². The number of rotatable bonds is 3.